The fourth-order valence-electron chi connectivity index (χ4n) is 6.98. The minimum atomic E-state index is 0.784. The summed E-state index contributed by atoms with van der Waals surface area (Å²) in [6.45, 7) is 0. The van der Waals surface area contributed by atoms with Gasteiger partial charge < -0.3 is 0 Å². The lowest BCUT2D eigenvalue weighted by Gasteiger charge is -2.18. The minimum Gasteiger partial charge on any atom is -0.260 e. The molecular weight excluding hydrogens is 476 g/mol. The Kier molecular flexibility index (Phi) is 4.19. The first-order valence-electron chi connectivity index (χ1n) is 13.4. The van der Waals surface area contributed by atoms with Crippen LogP contribution >= 0.6 is 0 Å². The predicted octanol–water partition coefficient (Wildman–Crippen LogP) is 7.31. The van der Waals surface area contributed by atoms with Gasteiger partial charge in [-0.15, -0.1) is 0 Å². The SMILES string of the molecule is c1cnc2c(c1)Cc1c(-c3ccc(-c4ccnc5c4-c4cccnc4C5)c4c3-c3cccnc3C4)cccc1-2. The second kappa shape index (κ2) is 7.78. The molecule has 0 spiro atoms. The van der Waals surface area contributed by atoms with Crippen LogP contribution in [0.4, 0.5) is 0 Å². The lowest BCUT2D eigenvalue weighted by atomic mass is 9.85. The average Bonchev–Trinajstić information content (AvgIpc) is 3.68. The van der Waals surface area contributed by atoms with Crippen molar-refractivity contribution in [1.29, 1.82) is 0 Å². The van der Waals surface area contributed by atoms with Crippen molar-refractivity contribution in [2.24, 2.45) is 0 Å². The van der Waals surface area contributed by atoms with Gasteiger partial charge in [-0.05, 0) is 68.8 Å². The molecule has 3 aliphatic rings. The van der Waals surface area contributed by atoms with Gasteiger partial charge in [-0.25, -0.2) is 0 Å². The Labute approximate surface area is 226 Å². The van der Waals surface area contributed by atoms with Crippen molar-refractivity contribution >= 4 is 0 Å². The Morgan fingerprint density at radius 3 is 1.92 bits per heavy atom. The Hall–Kier alpha value is -4.96. The molecule has 4 nitrogen and oxygen atoms in total. The van der Waals surface area contributed by atoms with Gasteiger partial charge in [0.15, 0.2) is 0 Å². The van der Waals surface area contributed by atoms with Gasteiger partial charge in [-0.3, -0.25) is 19.9 Å². The number of nitrogens with zero attached hydrogens (tertiary/aromatic N) is 4. The molecule has 4 heteroatoms. The van der Waals surface area contributed by atoms with Crippen LogP contribution in [0.15, 0.2) is 97.6 Å². The molecule has 0 radical (unpaired) electrons. The van der Waals surface area contributed by atoms with Crippen LogP contribution in [0, 0.1) is 0 Å². The Morgan fingerprint density at radius 1 is 0.385 bits per heavy atom. The second-order valence-electron chi connectivity index (χ2n) is 10.6. The molecule has 0 saturated heterocycles. The molecule has 3 aliphatic carbocycles. The van der Waals surface area contributed by atoms with Crippen molar-refractivity contribution in [3.05, 3.63) is 131 Å². The number of aromatic nitrogens is 4. The number of benzene rings is 2. The van der Waals surface area contributed by atoms with E-state index >= 15 is 0 Å². The lowest BCUT2D eigenvalue weighted by Crippen LogP contribution is -1.96. The third-order valence-corrected chi connectivity index (χ3v) is 8.61. The molecule has 9 rings (SSSR count). The highest BCUT2D eigenvalue weighted by molar-refractivity contribution is 5.99. The molecule has 182 valence electrons. The van der Waals surface area contributed by atoms with E-state index in [9.17, 15) is 0 Å². The third-order valence-electron chi connectivity index (χ3n) is 8.61. The zero-order valence-electron chi connectivity index (χ0n) is 21.1. The number of pyridine rings is 4. The van der Waals surface area contributed by atoms with Crippen LogP contribution in [-0.4, -0.2) is 19.9 Å². The average molecular weight is 499 g/mol. The quantitative estimate of drug-likeness (QED) is 0.251. The van der Waals surface area contributed by atoms with Crippen LogP contribution in [0.25, 0.3) is 55.8 Å². The monoisotopic (exact) mass is 498 g/mol. The first-order chi connectivity index (χ1) is 19.3. The van der Waals surface area contributed by atoms with Gasteiger partial charge in [0.2, 0.25) is 0 Å². The summed E-state index contributed by atoms with van der Waals surface area (Å²) in [7, 11) is 0. The van der Waals surface area contributed by atoms with Crippen LogP contribution in [-0.2, 0) is 19.3 Å². The molecule has 4 aromatic heterocycles. The van der Waals surface area contributed by atoms with E-state index < -0.39 is 0 Å². The van der Waals surface area contributed by atoms with Crippen LogP contribution in [0.1, 0.15) is 33.8 Å². The van der Waals surface area contributed by atoms with Crippen LogP contribution in [0.2, 0.25) is 0 Å². The summed E-state index contributed by atoms with van der Waals surface area (Å²) in [4.78, 5) is 19.0. The van der Waals surface area contributed by atoms with Crippen molar-refractivity contribution in [2.75, 3.05) is 0 Å². The first-order valence-corrected chi connectivity index (χ1v) is 13.4. The van der Waals surface area contributed by atoms with E-state index in [0.717, 1.165) is 42.0 Å². The van der Waals surface area contributed by atoms with Crippen molar-refractivity contribution in [2.45, 2.75) is 19.3 Å². The van der Waals surface area contributed by atoms with E-state index in [1.165, 1.54) is 66.8 Å². The summed E-state index contributed by atoms with van der Waals surface area (Å²) in [6, 6.07) is 26.3. The first kappa shape index (κ1) is 21.0. The van der Waals surface area contributed by atoms with Crippen LogP contribution < -0.4 is 0 Å². The summed E-state index contributed by atoms with van der Waals surface area (Å²) in [5.74, 6) is 0. The molecule has 0 fully saturated rings. The van der Waals surface area contributed by atoms with E-state index in [1.807, 2.05) is 36.9 Å². The molecule has 0 N–H and O–H groups in total. The molecule has 0 unspecified atom stereocenters. The van der Waals surface area contributed by atoms with Crippen molar-refractivity contribution in [3.8, 4) is 55.8 Å². The largest absolute Gasteiger partial charge is 0.260 e. The molecule has 39 heavy (non-hydrogen) atoms. The fraction of sp³-hybridized carbons (Fsp3) is 0.0857. The fourth-order valence-corrected chi connectivity index (χ4v) is 6.98. The number of hydrogen-bond acceptors (Lipinski definition) is 4. The highest BCUT2D eigenvalue weighted by atomic mass is 14.7. The summed E-state index contributed by atoms with van der Waals surface area (Å²) >= 11 is 0. The number of rotatable bonds is 2. The molecule has 0 atom stereocenters. The maximum absolute atomic E-state index is 4.82. The van der Waals surface area contributed by atoms with Gasteiger partial charge in [-0.2, -0.15) is 0 Å². The summed E-state index contributed by atoms with van der Waals surface area (Å²) < 4.78 is 0. The zero-order valence-corrected chi connectivity index (χ0v) is 21.1. The maximum Gasteiger partial charge on any atom is 0.0740 e. The van der Waals surface area contributed by atoms with E-state index in [-0.39, 0.29) is 0 Å². The van der Waals surface area contributed by atoms with Crippen LogP contribution in [0.5, 0.6) is 0 Å². The normalized spacial score (nSPS) is 13.3. The van der Waals surface area contributed by atoms with Crippen molar-refractivity contribution in [1.82, 2.24) is 19.9 Å². The molecule has 2 aromatic carbocycles. The van der Waals surface area contributed by atoms with E-state index in [2.05, 4.69) is 65.6 Å². The number of hydrogen-bond donors (Lipinski definition) is 0. The third kappa shape index (κ3) is 2.89. The summed E-state index contributed by atoms with van der Waals surface area (Å²) in [5.41, 5.74) is 19.8. The smallest absolute Gasteiger partial charge is 0.0740 e. The van der Waals surface area contributed by atoms with Gasteiger partial charge in [0.1, 0.15) is 0 Å². The molecule has 4 heterocycles. The summed E-state index contributed by atoms with van der Waals surface area (Å²) in [6.07, 6.45) is 10.2. The van der Waals surface area contributed by atoms with Crippen molar-refractivity contribution < 1.29 is 0 Å². The van der Waals surface area contributed by atoms with E-state index in [1.54, 1.807) is 0 Å². The molecule has 6 aromatic rings. The van der Waals surface area contributed by atoms with Crippen LogP contribution in [0.3, 0.4) is 0 Å². The second-order valence-corrected chi connectivity index (χ2v) is 10.6. The molecule has 0 aliphatic heterocycles. The van der Waals surface area contributed by atoms with E-state index in [0.29, 0.717) is 0 Å². The Balaban J connectivity index is 1.30. The van der Waals surface area contributed by atoms with Gasteiger partial charge in [0, 0.05) is 66.3 Å². The highest BCUT2D eigenvalue weighted by Gasteiger charge is 2.31. The van der Waals surface area contributed by atoms with Gasteiger partial charge in [-0.1, -0.05) is 48.5 Å². The van der Waals surface area contributed by atoms with Gasteiger partial charge in [0.05, 0.1) is 22.8 Å². The molecule has 0 amide bonds. The minimum absolute atomic E-state index is 0.784. The van der Waals surface area contributed by atoms with Gasteiger partial charge in [0.25, 0.3) is 0 Å². The van der Waals surface area contributed by atoms with Crippen molar-refractivity contribution in [3.63, 3.8) is 0 Å². The molecule has 0 bridgehead atoms. The standard InChI is InChI=1S/C35H22N4/c1-6-21(28-17-20-5-2-15-39-35(20)25(28)7-1)23-11-10-22(29-18-30-26(33(23)29)8-3-13-36-30)24-12-16-38-32-19-31-27(34(24)32)9-4-14-37-31/h1-16H,17-19H2. The van der Waals surface area contributed by atoms with Gasteiger partial charge >= 0.3 is 0 Å². The predicted molar refractivity (Wildman–Crippen MR) is 153 cm³/mol. The maximum atomic E-state index is 4.82. The molecule has 0 saturated carbocycles. The lowest BCUT2D eigenvalue weighted by molar-refractivity contribution is 1.06. The Bertz CT molecular complexity index is 2010. The molecular formula is C35H22N4. The number of fused-ring (bicyclic) bond motifs is 9. The Morgan fingerprint density at radius 2 is 1.03 bits per heavy atom. The van der Waals surface area contributed by atoms with E-state index in [4.69, 9.17) is 15.0 Å². The topological polar surface area (TPSA) is 51.6 Å². The zero-order chi connectivity index (χ0) is 25.5. The summed E-state index contributed by atoms with van der Waals surface area (Å²) in [5, 5.41) is 0. The highest BCUT2D eigenvalue weighted by Crippen LogP contribution is 2.51.